The number of rotatable bonds is 5. The van der Waals surface area contributed by atoms with Crippen LogP contribution in [-0.4, -0.2) is 27.8 Å². The molecule has 12 rings (SSSR count). The van der Waals surface area contributed by atoms with Gasteiger partial charge in [0.1, 0.15) is 5.58 Å². The third-order valence-corrected chi connectivity index (χ3v) is 21.8. The minimum absolute atomic E-state index is 0.739. The van der Waals surface area contributed by atoms with Gasteiger partial charge in [0.05, 0.1) is 0 Å². The number of aromatic nitrogens is 3. The van der Waals surface area contributed by atoms with Crippen LogP contribution >= 0.6 is 0 Å². The standard InChI is InChI=1S/C52H33GeN3O/c1-4-16-34(17-5-1)50-49-41-24-10-13-25-44(41)53(36-18-6-2-7-19-36,37-20-8-3-9-21-37)51(49)55-52(54-50)35-28-30-38(31-29-35)56-45-26-14-11-22-39(45)42-33-48-43(32-46(42)56)40-23-12-15-27-47(40)57-48/h1-33H. The van der Waals surface area contributed by atoms with Crippen molar-refractivity contribution in [2.45, 2.75) is 0 Å². The second kappa shape index (κ2) is 12.5. The second-order valence-electron chi connectivity index (χ2n) is 14.9. The van der Waals surface area contributed by atoms with Crippen molar-refractivity contribution in [3.05, 3.63) is 200 Å². The van der Waals surface area contributed by atoms with Crippen LogP contribution in [0.1, 0.15) is 0 Å². The first kappa shape index (κ1) is 32.2. The molecule has 266 valence electrons. The first-order valence-electron chi connectivity index (χ1n) is 19.4. The summed E-state index contributed by atoms with van der Waals surface area (Å²) >= 11 is -3.65. The Labute approximate surface area is 331 Å². The summed E-state index contributed by atoms with van der Waals surface area (Å²) < 4.78 is 14.0. The van der Waals surface area contributed by atoms with Gasteiger partial charge in [-0.1, -0.05) is 18.2 Å². The number of para-hydroxylation sites is 2. The van der Waals surface area contributed by atoms with Crippen molar-refractivity contribution in [2.24, 2.45) is 0 Å². The molecule has 0 bridgehead atoms. The summed E-state index contributed by atoms with van der Waals surface area (Å²) in [6, 6.07) is 72.1. The van der Waals surface area contributed by atoms with E-state index >= 15 is 0 Å². The summed E-state index contributed by atoms with van der Waals surface area (Å²) in [5, 5.41) is 4.60. The zero-order chi connectivity index (χ0) is 37.5. The second-order valence-corrected chi connectivity index (χ2v) is 22.6. The molecule has 0 unspecified atom stereocenters. The van der Waals surface area contributed by atoms with Crippen LogP contribution in [0.15, 0.2) is 205 Å². The molecular weight excluding hydrogens is 755 g/mol. The van der Waals surface area contributed by atoms with E-state index in [1.54, 1.807) is 0 Å². The van der Waals surface area contributed by atoms with Gasteiger partial charge in [0, 0.05) is 0 Å². The van der Waals surface area contributed by atoms with Crippen molar-refractivity contribution < 1.29 is 4.42 Å². The molecule has 3 aromatic heterocycles. The van der Waals surface area contributed by atoms with Crippen LogP contribution in [0.4, 0.5) is 0 Å². The Bertz CT molecular complexity index is 3300. The molecule has 11 aromatic rings. The van der Waals surface area contributed by atoms with E-state index in [0.29, 0.717) is 0 Å². The van der Waals surface area contributed by atoms with Crippen molar-refractivity contribution in [2.75, 3.05) is 0 Å². The first-order valence-corrected chi connectivity index (χ1v) is 23.6. The van der Waals surface area contributed by atoms with Gasteiger partial charge in [-0.2, -0.15) is 0 Å². The molecule has 0 spiro atoms. The molecule has 0 aliphatic carbocycles. The van der Waals surface area contributed by atoms with E-state index in [2.05, 4.69) is 193 Å². The predicted octanol–water partition coefficient (Wildman–Crippen LogP) is 10.2. The third-order valence-electron chi connectivity index (χ3n) is 11.9. The molecule has 4 nitrogen and oxygen atoms in total. The fraction of sp³-hybridized carbons (Fsp3) is 0. The first-order chi connectivity index (χ1) is 28.3. The Hall–Kier alpha value is -7.02. The van der Waals surface area contributed by atoms with Crippen LogP contribution < -0.4 is 17.7 Å². The maximum absolute atomic E-state index is 6.33. The van der Waals surface area contributed by atoms with Gasteiger partial charge < -0.3 is 4.42 Å². The van der Waals surface area contributed by atoms with Gasteiger partial charge in [-0.25, -0.2) is 0 Å². The Kier molecular flexibility index (Phi) is 7.07. The number of furan rings is 1. The summed E-state index contributed by atoms with van der Waals surface area (Å²) in [6.45, 7) is 0. The van der Waals surface area contributed by atoms with Crippen molar-refractivity contribution in [3.8, 4) is 39.5 Å². The van der Waals surface area contributed by atoms with Crippen molar-refractivity contribution in [1.82, 2.24) is 14.5 Å². The van der Waals surface area contributed by atoms with Crippen molar-refractivity contribution in [1.29, 1.82) is 0 Å². The van der Waals surface area contributed by atoms with Crippen LogP contribution in [0.5, 0.6) is 0 Å². The number of hydrogen-bond donors (Lipinski definition) is 0. The van der Waals surface area contributed by atoms with Gasteiger partial charge in [0.15, 0.2) is 0 Å². The summed E-state index contributed by atoms with van der Waals surface area (Å²) in [7, 11) is 0. The van der Waals surface area contributed by atoms with Gasteiger partial charge in [0.25, 0.3) is 0 Å². The van der Waals surface area contributed by atoms with Gasteiger partial charge in [-0.3, -0.25) is 0 Å². The molecule has 0 fully saturated rings. The molecule has 1 aliphatic rings. The van der Waals surface area contributed by atoms with Crippen LogP contribution in [-0.2, 0) is 0 Å². The molecule has 8 aromatic carbocycles. The maximum atomic E-state index is 6.33. The summed E-state index contributed by atoms with van der Waals surface area (Å²) in [5.41, 5.74) is 10.6. The molecule has 4 heterocycles. The van der Waals surface area contributed by atoms with E-state index in [0.717, 1.165) is 66.9 Å². The van der Waals surface area contributed by atoms with E-state index in [1.165, 1.54) is 34.1 Å². The van der Waals surface area contributed by atoms with E-state index in [1.807, 2.05) is 12.1 Å². The van der Waals surface area contributed by atoms with Gasteiger partial charge in [0.2, 0.25) is 0 Å². The summed E-state index contributed by atoms with van der Waals surface area (Å²) in [6.07, 6.45) is 0. The summed E-state index contributed by atoms with van der Waals surface area (Å²) in [4.78, 5) is 11.2. The quantitative estimate of drug-likeness (QED) is 0.163. The fourth-order valence-corrected chi connectivity index (χ4v) is 19.9. The molecule has 0 saturated carbocycles. The van der Waals surface area contributed by atoms with E-state index in [-0.39, 0.29) is 0 Å². The molecule has 57 heavy (non-hydrogen) atoms. The van der Waals surface area contributed by atoms with Crippen LogP contribution in [0, 0.1) is 0 Å². The molecule has 5 heteroatoms. The number of benzene rings is 8. The average Bonchev–Trinajstić information content (AvgIpc) is 3.92. The molecule has 0 radical (unpaired) electrons. The predicted molar refractivity (Wildman–Crippen MR) is 237 cm³/mol. The van der Waals surface area contributed by atoms with Crippen LogP contribution in [0.3, 0.4) is 0 Å². The molecule has 0 amide bonds. The summed E-state index contributed by atoms with van der Waals surface area (Å²) in [5.74, 6) is 0.739. The Balaban J connectivity index is 1.10. The molecule has 0 N–H and O–H groups in total. The number of nitrogens with zero attached hydrogens (tertiary/aromatic N) is 3. The normalized spacial score (nSPS) is 13.1. The Morgan fingerprint density at radius 2 is 1.07 bits per heavy atom. The topological polar surface area (TPSA) is 43.9 Å². The SMILES string of the molecule is c1ccc(-c2nc(-c3ccc(-n4c5ccccc5c5cc6oc7ccccc7c6cc54)cc3)n[c]3c2-c2cccc[c]2[Ge]3([c]2ccccc2)[c]2ccccc2)cc1. The van der Waals surface area contributed by atoms with Crippen molar-refractivity contribution in [3.63, 3.8) is 0 Å². The van der Waals surface area contributed by atoms with Crippen LogP contribution in [0.2, 0.25) is 0 Å². The zero-order valence-electron chi connectivity index (χ0n) is 30.8. The van der Waals surface area contributed by atoms with Crippen LogP contribution in [0.25, 0.3) is 83.2 Å². The fourth-order valence-electron chi connectivity index (χ4n) is 9.43. The molecule has 1 aliphatic heterocycles. The monoisotopic (exact) mass is 789 g/mol. The van der Waals surface area contributed by atoms with Gasteiger partial charge in [-0.05, 0) is 6.07 Å². The Morgan fingerprint density at radius 1 is 0.439 bits per heavy atom. The minimum atomic E-state index is -3.65. The molecular formula is C52H33GeN3O. The third kappa shape index (κ3) is 4.68. The van der Waals surface area contributed by atoms with E-state index in [4.69, 9.17) is 14.4 Å². The average molecular weight is 788 g/mol. The molecule has 0 saturated heterocycles. The van der Waals surface area contributed by atoms with E-state index in [9.17, 15) is 0 Å². The van der Waals surface area contributed by atoms with E-state index < -0.39 is 13.3 Å². The number of fused-ring (bicyclic) bond motifs is 9. The van der Waals surface area contributed by atoms with Gasteiger partial charge in [-0.15, -0.1) is 0 Å². The Morgan fingerprint density at radius 3 is 1.82 bits per heavy atom. The number of hydrogen-bond acceptors (Lipinski definition) is 3. The van der Waals surface area contributed by atoms with Crippen molar-refractivity contribution >= 4 is 74.7 Å². The zero-order valence-corrected chi connectivity index (χ0v) is 32.9. The van der Waals surface area contributed by atoms with Gasteiger partial charge >= 0.3 is 299 Å². The molecule has 0 atom stereocenters.